The van der Waals surface area contributed by atoms with Crippen LogP contribution in [0, 0.1) is 5.92 Å². The Morgan fingerprint density at radius 1 is 1.30 bits per heavy atom. The smallest absolute Gasteiger partial charge is 0.363 e. The number of amides is 2. The van der Waals surface area contributed by atoms with Gasteiger partial charge in [-0.2, -0.15) is 13.2 Å². The molecular formula is C17H14BrF3N2O3S. The topological polar surface area (TPSA) is 69.6 Å². The highest BCUT2D eigenvalue weighted by molar-refractivity contribution is 9.10. The summed E-state index contributed by atoms with van der Waals surface area (Å²) in [4.78, 5) is 25.4. The van der Waals surface area contributed by atoms with E-state index in [0.29, 0.717) is 4.47 Å². The number of hydrogen-bond acceptors (Lipinski definition) is 4. The van der Waals surface area contributed by atoms with Crippen LogP contribution >= 0.6 is 27.3 Å². The molecule has 1 aliphatic rings. The third-order valence-electron chi connectivity index (χ3n) is 4.55. The summed E-state index contributed by atoms with van der Waals surface area (Å²) in [6, 6.07) is 6.58. The first kappa shape index (κ1) is 19.8. The Labute approximate surface area is 164 Å². The highest BCUT2D eigenvalue weighted by Crippen LogP contribution is 2.47. The monoisotopic (exact) mass is 462 g/mol. The fraction of sp³-hybridized carbons (Fsp3) is 0.294. The molecule has 0 saturated carbocycles. The van der Waals surface area contributed by atoms with Gasteiger partial charge in [0, 0.05) is 11.5 Å². The molecule has 2 aromatic rings. The van der Waals surface area contributed by atoms with Gasteiger partial charge in [-0.15, -0.1) is 11.3 Å². The first-order valence-electron chi connectivity index (χ1n) is 7.74. The zero-order valence-corrected chi connectivity index (χ0v) is 16.2. The number of aliphatic hydroxyl groups is 1. The molecule has 1 saturated heterocycles. The minimum absolute atomic E-state index is 0.0642. The molecule has 27 heavy (non-hydrogen) atoms. The van der Waals surface area contributed by atoms with Crippen LogP contribution in [0.2, 0.25) is 0 Å². The lowest BCUT2D eigenvalue weighted by molar-refractivity contribution is -0.322. The number of nitrogens with one attached hydrogen (secondary N) is 1. The zero-order chi connectivity index (χ0) is 20.0. The number of hydrogen-bond donors (Lipinski definition) is 2. The van der Waals surface area contributed by atoms with Gasteiger partial charge in [0.2, 0.25) is 0 Å². The summed E-state index contributed by atoms with van der Waals surface area (Å²) in [5.41, 5.74) is -3.38. The molecule has 0 unspecified atom stereocenters. The molecule has 2 N–H and O–H groups in total. The number of nitrogens with zero attached hydrogens (tertiary/aromatic N) is 1. The average molecular weight is 463 g/mol. The number of Topliss-reactive ketones (excluding diaryl/α,β-unsaturated/α-hetero) is 1. The number of alkyl halides is 3. The summed E-state index contributed by atoms with van der Waals surface area (Å²) >= 11 is 4.20. The average Bonchev–Trinajstić information content (AvgIpc) is 3.13. The number of halogens is 4. The van der Waals surface area contributed by atoms with Gasteiger partial charge in [0.1, 0.15) is 5.92 Å². The van der Waals surface area contributed by atoms with Crippen LogP contribution in [-0.2, 0) is 0 Å². The van der Waals surface area contributed by atoms with Gasteiger partial charge < -0.3 is 10.4 Å². The summed E-state index contributed by atoms with van der Waals surface area (Å²) in [5.74, 6) is -2.88. The molecule has 1 aliphatic heterocycles. The molecule has 3 atom stereocenters. The molecular weight excluding hydrogens is 449 g/mol. The van der Waals surface area contributed by atoms with Crippen LogP contribution < -0.4 is 5.32 Å². The van der Waals surface area contributed by atoms with Crippen molar-refractivity contribution in [2.75, 3.05) is 7.05 Å². The maximum atomic E-state index is 13.9. The van der Waals surface area contributed by atoms with Gasteiger partial charge >= 0.3 is 12.2 Å². The van der Waals surface area contributed by atoms with Crippen LogP contribution in [0.5, 0.6) is 0 Å². The van der Waals surface area contributed by atoms with Crippen molar-refractivity contribution >= 4 is 39.1 Å². The molecule has 1 aromatic heterocycles. The highest BCUT2D eigenvalue weighted by atomic mass is 79.9. The first-order valence-corrected chi connectivity index (χ1v) is 9.41. The van der Waals surface area contributed by atoms with Crippen molar-refractivity contribution in [3.8, 4) is 0 Å². The molecule has 1 fully saturated rings. The van der Waals surface area contributed by atoms with Crippen LogP contribution in [0.25, 0.3) is 0 Å². The molecule has 3 rings (SSSR count). The Morgan fingerprint density at radius 2 is 1.93 bits per heavy atom. The van der Waals surface area contributed by atoms with E-state index in [1.807, 2.05) is 0 Å². The molecule has 1 aromatic carbocycles. The fourth-order valence-electron chi connectivity index (χ4n) is 3.13. The second-order valence-corrected chi connectivity index (χ2v) is 7.94. The molecule has 0 aliphatic carbocycles. The standard InChI is InChI=1S/C17H14BrF3N2O3S/c1-23-15(25)22-13(9-4-6-10(18)7-5-9)12(16(23,26)17(19,20)21)14(24)11-3-2-8-27-11/h2-8,12-13,26H,1H3,(H,22,25)/t12-,13-,16-/m1/s1. The van der Waals surface area contributed by atoms with Gasteiger partial charge in [-0.1, -0.05) is 34.1 Å². The van der Waals surface area contributed by atoms with Gasteiger partial charge in [-0.25, -0.2) is 4.79 Å². The first-order chi connectivity index (χ1) is 12.6. The lowest BCUT2D eigenvalue weighted by atomic mass is 9.78. The van der Waals surface area contributed by atoms with E-state index in [4.69, 9.17) is 0 Å². The third-order valence-corrected chi connectivity index (χ3v) is 5.97. The van der Waals surface area contributed by atoms with Gasteiger partial charge in [0.15, 0.2) is 5.78 Å². The molecule has 10 heteroatoms. The number of rotatable bonds is 3. The van der Waals surface area contributed by atoms with Crippen LogP contribution in [-0.4, -0.2) is 40.8 Å². The van der Waals surface area contributed by atoms with E-state index in [9.17, 15) is 27.9 Å². The summed E-state index contributed by atoms with van der Waals surface area (Å²) in [7, 11) is 0.815. The normalized spacial score (nSPS) is 26.0. The van der Waals surface area contributed by atoms with Crippen molar-refractivity contribution in [3.05, 3.63) is 56.7 Å². The van der Waals surface area contributed by atoms with Crippen LogP contribution in [0.15, 0.2) is 46.3 Å². The number of ketones is 1. The van der Waals surface area contributed by atoms with Gasteiger partial charge in [-0.05, 0) is 29.1 Å². The Kier molecular flexibility index (Phi) is 5.08. The number of urea groups is 1. The predicted octanol–water partition coefficient (Wildman–Crippen LogP) is 3.96. The van der Waals surface area contributed by atoms with Gasteiger partial charge in [-0.3, -0.25) is 9.69 Å². The molecule has 0 bridgehead atoms. The van der Waals surface area contributed by atoms with Crippen molar-refractivity contribution in [2.24, 2.45) is 5.92 Å². The maximum absolute atomic E-state index is 13.9. The summed E-state index contributed by atoms with van der Waals surface area (Å²) in [6.07, 6.45) is -5.25. The highest BCUT2D eigenvalue weighted by Gasteiger charge is 2.69. The summed E-state index contributed by atoms with van der Waals surface area (Å²) in [6.45, 7) is 0. The number of carbonyl (C=O) groups excluding carboxylic acids is 2. The van der Waals surface area contributed by atoms with E-state index < -0.39 is 35.7 Å². The van der Waals surface area contributed by atoms with E-state index in [1.165, 1.54) is 24.3 Å². The Balaban J connectivity index is 2.19. The Morgan fingerprint density at radius 3 is 2.44 bits per heavy atom. The predicted molar refractivity (Wildman–Crippen MR) is 96.3 cm³/mol. The molecule has 2 heterocycles. The van der Waals surface area contributed by atoms with E-state index in [-0.39, 0.29) is 15.3 Å². The van der Waals surface area contributed by atoms with Crippen molar-refractivity contribution in [1.82, 2.24) is 10.2 Å². The minimum Gasteiger partial charge on any atom is -0.363 e. The van der Waals surface area contributed by atoms with Crippen LogP contribution in [0.3, 0.4) is 0 Å². The molecule has 2 amide bonds. The SMILES string of the molecule is CN1C(=O)N[C@H](c2ccc(Br)cc2)[C@H](C(=O)c2cccs2)[C@@]1(O)C(F)(F)F. The third kappa shape index (κ3) is 3.26. The van der Waals surface area contributed by atoms with E-state index in [2.05, 4.69) is 21.2 Å². The molecule has 0 spiro atoms. The summed E-state index contributed by atoms with van der Waals surface area (Å²) < 4.78 is 42.5. The quantitative estimate of drug-likeness (QED) is 0.678. The second-order valence-electron chi connectivity index (χ2n) is 6.08. The van der Waals surface area contributed by atoms with Gasteiger partial charge in [0.05, 0.1) is 10.9 Å². The number of thiophene rings is 1. The molecule has 144 valence electrons. The summed E-state index contributed by atoms with van der Waals surface area (Å²) in [5, 5.41) is 14.6. The lowest BCUT2D eigenvalue weighted by Gasteiger charge is -2.49. The zero-order valence-electron chi connectivity index (χ0n) is 13.8. The lowest BCUT2D eigenvalue weighted by Crippen LogP contribution is -2.72. The Bertz CT molecular complexity index is 857. The van der Waals surface area contributed by atoms with Crippen molar-refractivity contribution in [3.63, 3.8) is 0 Å². The largest absolute Gasteiger partial charge is 0.437 e. The minimum atomic E-state index is -5.25. The molecule has 5 nitrogen and oxygen atoms in total. The fourth-order valence-corrected chi connectivity index (χ4v) is 4.10. The molecule has 0 radical (unpaired) electrons. The van der Waals surface area contributed by atoms with Crippen molar-refractivity contribution in [1.29, 1.82) is 0 Å². The Hall–Kier alpha value is -1.91. The van der Waals surface area contributed by atoms with E-state index >= 15 is 0 Å². The number of carbonyl (C=O) groups is 2. The maximum Gasteiger partial charge on any atom is 0.437 e. The number of benzene rings is 1. The van der Waals surface area contributed by atoms with Crippen molar-refractivity contribution in [2.45, 2.75) is 17.9 Å². The second kappa shape index (κ2) is 6.92. The van der Waals surface area contributed by atoms with E-state index in [1.54, 1.807) is 17.5 Å². The van der Waals surface area contributed by atoms with Crippen molar-refractivity contribution < 1.29 is 27.9 Å². The van der Waals surface area contributed by atoms with Crippen LogP contribution in [0.4, 0.5) is 18.0 Å². The van der Waals surface area contributed by atoms with E-state index in [0.717, 1.165) is 18.4 Å². The van der Waals surface area contributed by atoms with Gasteiger partial charge in [0.25, 0.3) is 5.72 Å². The van der Waals surface area contributed by atoms with Crippen LogP contribution in [0.1, 0.15) is 21.3 Å².